The molecule has 178 valence electrons. The second-order valence-electron chi connectivity index (χ2n) is 8.80. The van der Waals surface area contributed by atoms with Crippen molar-refractivity contribution in [3.63, 3.8) is 0 Å². The number of alkyl halides is 3. The Morgan fingerprint density at radius 3 is 2.36 bits per heavy atom. The van der Waals surface area contributed by atoms with E-state index in [1.807, 2.05) is 0 Å². The molecule has 1 saturated carbocycles. The van der Waals surface area contributed by atoms with Crippen LogP contribution < -0.4 is 4.74 Å². The van der Waals surface area contributed by atoms with E-state index >= 15 is 0 Å². The van der Waals surface area contributed by atoms with Gasteiger partial charge in [-0.05, 0) is 37.0 Å². The summed E-state index contributed by atoms with van der Waals surface area (Å²) in [6, 6.07) is 5.77. The average molecular weight is 466 g/mol. The van der Waals surface area contributed by atoms with Gasteiger partial charge in [0, 0.05) is 38.0 Å². The number of urea groups is 1. The Kier molecular flexibility index (Phi) is 5.90. The number of benzene rings is 1. The highest BCUT2D eigenvalue weighted by Crippen LogP contribution is 2.41. The highest BCUT2D eigenvalue weighted by Gasteiger charge is 2.38. The number of carbonyl (C=O) groups is 1. The number of piperidine rings is 1. The lowest BCUT2D eigenvalue weighted by Gasteiger charge is -2.40. The van der Waals surface area contributed by atoms with Crippen molar-refractivity contribution in [2.45, 2.75) is 43.4 Å². The van der Waals surface area contributed by atoms with Gasteiger partial charge in [-0.15, -0.1) is 13.2 Å². The molecule has 11 heteroatoms. The molecule has 2 atom stereocenters. The van der Waals surface area contributed by atoms with Gasteiger partial charge in [-0.1, -0.05) is 17.3 Å². The van der Waals surface area contributed by atoms with Gasteiger partial charge in [0.1, 0.15) is 5.75 Å². The van der Waals surface area contributed by atoms with Gasteiger partial charge in [0.25, 0.3) is 0 Å². The lowest BCUT2D eigenvalue weighted by atomic mass is 9.84. The van der Waals surface area contributed by atoms with Crippen molar-refractivity contribution in [2.75, 3.05) is 39.4 Å². The van der Waals surface area contributed by atoms with Crippen molar-refractivity contribution in [3.05, 3.63) is 41.5 Å². The van der Waals surface area contributed by atoms with E-state index in [-0.39, 0.29) is 23.6 Å². The summed E-state index contributed by atoms with van der Waals surface area (Å²) in [7, 11) is 0. The van der Waals surface area contributed by atoms with Crippen molar-refractivity contribution in [1.82, 2.24) is 19.9 Å². The number of morpholine rings is 1. The number of carbonyl (C=O) groups excluding carboxylic acids is 1. The first kappa shape index (κ1) is 22.0. The summed E-state index contributed by atoms with van der Waals surface area (Å²) in [4.78, 5) is 21.4. The molecular formula is C22H25F3N4O4. The van der Waals surface area contributed by atoms with E-state index in [2.05, 4.69) is 14.9 Å². The van der Waals surface area contributed by atoms with E-state index < -0.39 is 6.36 Å². The molecule has 2 aliphatic heterocycles. The third-order valence-corrected chi connectivity index (χ3v) is 6.34. The van der Waals surface area contributed by atoms with E-state index in [9.17, 15) is 18.0 Å². The monoisotopic (exact) mass is 466 g/mol. The number of hydrogen-bond acceptors (Lipinski definition) is 6. The normalized spacial score (nSPS) is 24.1. The Morgan fingerprint density at radius 1 is 1.00 bits per heavy atom. The van der Waals surface area contributed by atoms with Gasteiger partial charge in [-0.3, -0.25) is 0 Å². The molecule has 5 rings (SSSR count). The van der Waals surface area contributed by atoms with Gasteiger partial charge < -0.3 is 23.8 Å². The molecular weight excluding hydrogens is 441 g/mol. The lowest BCUT2D eigenvalue weighted by Crippen LogP contribution is -2.52. The molecule has 0 N–H and O–H groups in total. The van der Waals surface area contributed by atoms with Gasteiger partial charge in [0.15, 0.2) is 5.82 Å². The molecule has 0 radical (unpaired) electrons. The Balaban J connectivity index is 1.36. The number of amides is 2. The van der Waals surface area contributed by atoms with Gasteiger partial charge in [-0.2, -0.15) is 4.98 Å². The van der Waals surface area contributed by atoms with E-state index in [4.69, 9.17) is 9.26 Å². The van der Waals surface area contributed by atoms with Crippen molar-refractivity contribution in [2.24, 2.45) is 0 Å². The first-order chi connectivity index (χ1) is 15.9. The lowest BCUT2D eigenvalue weighted by molar-refractivity contribution is -0.274. The molecule has 33 heavy (non-hydrogen) atoms. The minimum absolute atomic E-state index is 0.0769. The van der Waals surface area contributed by atoms with Crippen molar-refractivity contribution in [3.8, 4) is 5.75 Å². The minimum Gasteiger partial charge on any atom is -0.406 e. The molecule has 0 spiro atoms. The Bertz CT molecular complexity index is 971. The molecule has 3 heterocycles. The van der Waals surface area contributed by atoms with E-state index in [1.165, 1.54) is 12.1 Å². The van der Waals surface area contributed by atoms with Crippen molar-refractivity contribution in [1.29, 1.82) is 0 Å². The molecule has 8 nitrogen and oxygen atoms in total. The van der Waals surface area contributed by atoms with Crippen LogP contribution in [0.5, 0.6) is 5.75 Å². The predicted octanol–water partition coefficient (Wildman–Crippen LogP) is 3.87. The van der Waals surface area contributed by atoms with Crippen LogP contribution in [0.3, 0.4) is 0 Å². The molecule has 1 aromatic carbocycles. The SMILES string of the molecule is O=C(N1CCOCC1)N1CC(c2ccc(OC(F)(F)F)cc2)CC(c2nc(C3CC3)no2)C1. The van der Waals surface area contributed by atoms with Crippen LogP contribution in [0.2, 0.25) is 0 Å². The van der Waals surface area contributed by atoms with Crippen LogP contribution in [0.25, 0.3) is 0 Å². The summed E-state index contributed by atoms with van der Waals surface area (Å²) in [5.41, 5.74) is 0.830. The zero-order valence-electron chi connectivity index (χ0n) is 18.0. The Morgan fingerprint density at radius 2 is 1.70 bits per heavy atom. The molecule has 2 amide bonds. The molecule has 3 aliphatic rings. The summed E-state index contributed by atoms with van der Waals surface area (Å²) < 4.78 is 52.4. The fourth-order valence-electron chi connectivity index (χ4n) is 4.49. The summed E-state index contributed by atoms with van der Waals surface area (Å²) >= 11 is 0. The largest absolute Gasteiger partial charge is 0.573 e. The maximum absolute atomic E-state index is 13.2. The smallest absolute Gasteiger partial charge is 0.406 e. The molecule has 2 aromatic rings. The average Bonchev–Trinajstić information content (AvgIpc) is 3.54. The number of nitrogens with zero attached hydrogens (tertiary/aromatic N) is 4. The zero-order chi connectivity index (χ0) is 23.0. The molecule has 0 bridgehead atoms. The number of hydrogen-bond donors (Lipinski definition) is 0. The highest BCUT2D eigenvalue weighted by atomic mass is 19.4. The third-order valence-electron chi connectivity index (χ3n) is 6.34. The third kappa shape index (κ3) is 5.23. The fourth-order valence-corrected chi connectivity index (χ4v) is 4.49. The second kappa shape index (κ2) is 8.85. The number of rotatable bonds is 4. The topological polar surface area (TPSA) is 80.9 Å². The molecule has 2 saturated heterocycles. The van der Waals surface area contributed by atoms with Crippen LogP contribution in [0.1, 0.15) is 54.3 Å². The van der Waals surface area contributed by atoms with Crippen molar-refractivity contribution < 1.29 is 32.0 Å². The number of ether oxygens (including phenoxy) is 2. The van der Waals surface area contributed by atoms with Crippen LogP contribution in [-0.4, -0.2) is 71.7 Å². The van der Waals surface area contributed by atoms with Gasteiger partial charge in [0.05, 0.1) is 19.1 Å². The molecule has 2 unspecified atom stereocenters. The van der Waals surface area contributed by atoms with Crippen LogP contribution in [0.15, 0.2) is 28.8 Å². The number of likely N-dealkylation sites (tertiary alicyclic amines) is 1. The zero-order valence-corrected chi connectivity index (χ0v) is 18.0. The first-order valence-electron chi connectivity index (χ1n) is 11.2. The van der Waals surface area contributed by atoms with Crippen LogP contribution in [0.4, 0.5) is 18.0 Å². The van der Waals surface area contributed by atoms with Crippen LogP contribution in [0, 0.1) is 0 Å². The quantitative estimate of drug-likeness (QED) is 0.681. The Hall–Kier alpha value is -2.82. The van der Waals surface area contributed by atoms with E-state index in [0.29, 0.717) is 63.4 Å². The number of halogens is 3. The first-order valence-corrected chi connectivity index (χ1v) is 11.2. The van der Waals surface area contributed by atoms with Crippen LogP contribution >= 0.6 is 0 Å². The summed E-state index contributed by atoms with van der Waals surface area (Å²) in [5.74, 6) is 1.06. The number of aromatic nitrogens is 2. The summed E-state index contributed by atoms with van der Waals surface area (Å²) in [6.45, 7) is 2.97. The van der Waals surface area contributed by atoms with Gasteiger partial charge >= 0.3 is 12.4 Å². The standard InChI is InChI=1S/C22H25F3N4O4/c23-22(24,25)32-18-5-3-14(4-6-18)16-11-17(20-26-19(27-33-20)15-1-2-15)13-29(12-16)21(30)28-7-9-31-10-8-28/h3-6,15-17H,1-2,7-13H2. The molecule has 1 aromatic heterocycles. The summed E-state index contributed by atoms with van der Waals surface area (Å²) in [5, 5.41) is 4.12. The van der Waals surface area contributed by atoms with Gasteiger partial charge in [-0.25, -0.2) is 4.79 Å². The minimum atomic E-state index is -4.74. The predicted molar refractivity (Wildman–Crippen MR) is 109 cm³/mol. The van der Waals surface area contributed by atoms with Crippen LogP contribution in [-0.2, 0) is 4.74 Å². The fraction of sp³-hybridized carbons (Fsp3) is 0.591. The molecule has 3 fully saturated rings. The summed E-state index contributed by atoms with van der Waals surface area (Å²) in [6.07, 6.45) is -1.98. The van der Waals surface area contributed by atoms with Gasteiger partial charge in [0.2, 0.25) is 5.89 Å². The second-order valence-corrected chi connectivity index (χ2v) is 8.80. The van der Waals surface area contributed by atoms with E-state index in [0.717, 1.165) is 18.4 Å². The maximum atomic E-state index is 13.2. The van der Waals surface area contributed by atoms with Crippen molar-refractivity contribution >= 4 is 6.03 Å². The highest BCUT2D eigenvalue weighted by molar-refractivity contribution is 5.75. The Labute approximate surface area is 188 Å². The molecule has 1 aliphatic carbocycles. The maximum Gasteiger partial charge on any atom is 0.573 e. The van der Waals surface area contributed by atoms with E-state index in [1.54, 1.807) is 21.9 Å².